The van der Waals surface area contributed by atoms with Gasteiger partial charge in [-0.1, -0.05) is 18.2 Å². The van der Waals surface area contributed by atoms with Crippen LogP contribution in [0.25, 0.3) is 0 Å². The molecule has 1 heterocycles. The molecule has 1 atom stereocenters. The highest BCUT2D eigenvalue weighted by molar-refractivity contribution is 7.80. The van der Waals surface area contributed by atoms with E-state index in [1.165, 1.54) is 11.3 Å². The third-order valence-corrected chi connectivity index (χ3v) is 3.27. The predicted octanol–water partition coefficient (Wildman–Crippen LogP) is 2.85. The van der Waals surface area contributed by atoms with Crippen molar-refractivity contribution < 1.29 is 8.39 Å². The van der Waals surface area contributed by atoms with E-state index in [9.17, 15) is 4.21 Å². The summed E-state index contributed by atoms with van der Waals surface area (Å²) in [5.41, 5.74) is 0. The summed E-state index contributed by atoms with van der Waals surface area (Å²) in [7, 11) is 0. The van der Waals surface area contributed by atoms with Gasteiger partial charge >= 0.3 is 0 Å². The van der Waals surface area contributed by atoms with Crippen LogP contribution in [-0.4, -0.2) is 4.21 Å². The van der Waals surface area contributed by atoms with E-state index in [2.05, 4.69) is 0 Å². The second-order valence-electron chi connectivity index (χ2n) is 2.59. The van der Waals surface area contributed by atoms with Crippen LogP contribution in [0.3, 0.4) is 0 Å². The lowest BCUT2D eigenvalue weighted by Gasteiger charge is -2.01. The van der Waals surface area contributed by atoms with Crippen LogP contribution in [0.5, 0.6) is 5.75 Å². The quantitative estimate of drug-likeness (QED) is 0.801. The SMILES string of the molecule is O=S(Oc1ccsc1)c1ccccc1. The standard InChI is InChI=1S/C10H8O2S2/c11-14(10-4-2-1-3-5-10)12-9-6-7-13-8-9/h1-8H. The highest BCUT2D eigenvalue weighted by Gasteiger charge is 2.04. The van der Waals surface area contributed by atoms with Gasteiger partial charge in [-0.05, 0) is 23.6 Å². The molecule has 0 aliphatic rings. The topological polar surface area (TPSA) is 26.3 Å². The third kappa shape index (κ3) is 2.21. The second-order valence-corrected chi connectivity index (χ2v) is 4.48. The normalized spacial score (nSPS) is 12.3. The molecule has 2 nitrogen and oxygen atoms in total. The van der Waals surface area contributed by atoms with E-state index in [1.54, 1.807) is 18.2 Å². The van der Waals surface area contributed by atoms with Crippen LogP contribution in [-0.2, 0) is 11.1 Å². The van der Waals surface area contributed by atoms with Gasteiger partial charge in [0.1, 0.15) is 0 Å². The van der Waals surface area contributed by atoms with Crippen LogP contribution in [0.1, 0.15) is 0 Å². The molecule has 0 N–H and O–H groups in total. The van der Waals surface area contributed by atoms with Gasteiger partial charge in [0.05, 0.1) is 4.90 Å². The molecule has 1 unspecified atom stereocenters. The van der Waals surface area contributed by atoms with E-state index in [-0.39, 0.29) is 0 Å². The second kappa shape index (κ2) is 4.39. The molecule has 0 saturated carbocycles. The minimum atomic E-state index is -1.41. The van der Waals surface area contributed by atoms with Crippen LogP contribution >= 0.6 is 11.3 Å². The third-order valence-electron chi connectivity index (χ3n) is 1.60. The first-order chi connectivity index (χ1) is 6.86. The molecule has 0 aliphatic heterocycles. The highest BCUT2D eigenvalue weighted by atomic mass is 32.2. The lowest BCUT2D eigenvalue weighted by atomic mass is 10.4. The van der Waals surface area contributed by atoms with Gasteiger partial charge in [-0.3, -0.25) is 0 Å². The molecule has 2 aromatic rings. The molecule has 72 valence electrons. The first-order valence-corrected chi connectivity index (χ1v) is 6.05. The van der Waals surface area contributed by atoms with Gasteiger partial charge in [0, 0.05) is 5.38 Å². The van der Waals surface area contributed by atoms with Crippen LogP contribution in [0.4, 0.5) is 0 Å². The number of hydrogen-bond acceptors (Lipinski definition) is 3. The van der Waals surface area contributed by atoms with E-state index in [0.717, 1.165) is 0 Å². The Balaban J connectivity index is 2.11. The Hall–Kier alpha value is -1.13. The molecule has 0 fully saturated rings. The molecule has 14 heavy (non-hydrogen) atoms. The summed E-state index contributed by atoms with van der Waals surface area (Å²) in [6.45, 7) is 0. The van der Waals surface area contributed by atoms with Crippen LogP contribution < -0.4 is 4.18 Å². The number of benzene rings is 1. The molecular formula is C10H8O2S2. The van der Waals surface area contributed by atoms with E-state index in [0.29, 0.717) is 10.6 Å². The van der Waals surface area contributed by atoms with Crippen LogP contribution in [0, 0.1) is 0 Å². The first kappa shape index (κ1) is 9.43. The Kier molecular flexibility index (Phi) is 2.96. The van der Waals surface area contributed by atoms with Crippen molar-refractivity contribution in [3.8, 4) is 5.75 Å². The summed E-state index contributed by atoms with van der Waals surface area (Å²) >= 11 is 0.111. The van der Waals surface area contributed by atoms with Crippen LogP contribution in [0.15, 0.2) is 52.1 Å². The maximum Gasteiger partial charge on any atom is 0.240 e. The Labute approximate surface area is 88.8 Å². The number of rotatable bonds is 3. The average Bonchev–Trinajstić information content (AvgIpc) is 2.72. The van der Waals surface area contributed by atoms with E-state index >= 15 is 0 Å². The Morgan fingerprint density at radius 3 is 2.57 bits per heavy atom. The van der Waals surface area contributed by atoms with Crippen molar-refractivity contribution in [2.24, 2.45) is 0 Å². The lowest BCUT2D eigenvalue weighted by Crippen LogP contribution is -1.99. The van der Waals surface area contributed by atoms with Crippen molar-refractivity contribution in [1.82, 2.24) is 0 Å². The van der Waals surface area contributed by atoms with Crippen molar-refractivity contribution in [3.05, 3.63) is 47.2 Å². The molecule has 0 amide bonds. The summed E-state index contributed by atoms with van der Waals surface area (Å²) in [6, 6.07) is 10.9. The van der Waals surface area contributed by atoms with Gasteiger partial charge in [-0.25, -0.2) is 4.21 Å². The molecule has 1 aromatic carbocycles. The lowest BCUT2D eigenvalue weighted by molar-refractivity contribution is 0.564. The Bertz CT molecular complexity index is 409. The smallest absolute Gasteiger partial charge is 0.240 e. The fraction of sp³-hybridized carbons (Fsp3) is 0. The molecule has 0 bridgehead atoms. The van der Waals surface area contributed by atoms with Crippen LogP contribution in [0.2, 0.25) is 0 Å². The zero-order valence-corrected chi connectivity index (χ0v) is 8.88. The summed E-state index contributed by atoms with van der Waals surface area (Å²) < 4.78 is 16.8. The molecule has 0 aliphatic carbocycles. The maximum absolute atomic E-state index is 11.6. The molecule has 2 rings (SSSR count). The fourth-order valence-electron chi connectivity index (χ4n) is 0.967. The predicted molar refractivity (Wildman–Crippen MR) is 57.8 cm³/mol. The molecule has 4 heteroatoms. The molecular weight excluding hydrogens is 216 g/mol. The molecule has 0 radical (unpaired) electrons. The largest absolute Gasteiger partial charge is 0.396 e. The molecule has 0 saturated heterocycles. The number of hydrogen-bond donors (Lipinski definition) is 0. The Morgan fingerprint density at radius 2 is 1.93 bits per heavy atom. The van der Waals surface area contributed by atoms with Crippen molar-refractivity contribution in [1.29, 1.82) is 0 Å². The van der Waals surface area contributed by atoms with Gasteiger partial charge in [0.2, 0.25) is 11.1 Å². The van der Waals surface area contributed by atoms with Gasteiger partial charge in [-0.2, -0.15) is 0 Å². The van der Waals surface area contributed by atoms with Gasteiger partial charge in [-0.15, -0.1) is 11.3 Å². The summed E-state index contributed by atoms with van der Waals surface area (Å²) in [6.07, 6.45) is 0. The molecule has 0 spiro atoms. The highest BCUT2D eigenvalue weighted by Crippen LogP contribution is 2.18. The van der Waals surface area contributed by atoms with Crippen molar-refractivity contribution >= 4 is 22.4 Å². The van der Waals surface area contributed by atoms with Gasteiger partial charge in [0.15, 0.2) is 5.75 Å². The van der Waals surface area contributed by atoms with E-state index in [4.69, 9.17) is 4.18 Å². The van der Waals surface area contributed by atoms with Crippen molar-refractivity contribution in [2.45, 2.75) is 4.90 Å². The number of thiophene rings is 1. The van der Waals surface area contributed by atoms with Gasteiger partial charge in [0.25, 0.3) is 0 Å². The Morgan fingerprint density at radius 1 is 1.14 bits per heavy atom. The summed E-state index contributed by atoms with van der Waals surface area (Å²) in [5.74, 6) is 0.650. The minimum absolute atomic E-state index is 0.650. The minimum Gasteiger partial charge on any atom is -0.396 e. The monoisotopic (exact) mass is 224 g/mol. The van der Waals surface area contributed by atoms with Crippen molar-refractivity contribution in [3.63, 3.8) is 0 Å². The fourth-order valence-corrected chi connectivity index (χ4v) is 2.33. The van der Waals surface area contributed by atoms with E-state index in [1.807, 2.05) is 29.0 Å². The first-order valence-electron chi connectivity index (χ1n) is 4.03. The maximum atomic E-state index is 11.6. The average molecular weight is 224 g/mol. The van der Waals surface area contributed by atoms with Crippen molar-refractivity contribution in [2.75, 3.05) is 0 Å². The van der Waals surface area contributed by atoms with E-state index < -0.39 is 11.1 Å². The summed E-state index contributed by atoms with van der Waals surface area (Å²) in [4.78, 5) is 0.679. The molecule has 1 aromatic heterocycles. The zero-order chi connectivity index (χ0) is 9.80. The zero-order valence-electron chi connectivity index (χ0n) is 7.25. The summed E-state index contributed by atoms with van der Waals surface area (Å²) in [5, 5.41) is 3.71. The van der Waals surface area contributed by atoms with Gasteiger partial charge < -0.3 is 4.18 Å².